The monoisotopic (exact) mass is 1230 g/mol. The largest absolute Gasteiger partial charge is 0.508 e. The molecule has 0 saturated carbocycles. The van der Waals surface area contributed by atoms with Gasteiger partial charge in [-0.15, -0.1) is 0 Å². The summed E-state index contributed by atoms with van der Waals surface area (Å²) in [4.78, 5) is 124. The molecular formula is C63H74O25. The van der Waals surface area contributed by atoms with E-state index in [0.717, 1.165) is 37.1 Å². The van der Waals surface area contributed by atoms with E-state index in [9.17, 15) is 78.6 Å². The van der Waals surface area contributed by atoms with Gasteiger partial charge in [-0.05, 0) is 75.6 Å². The molecule has 0 bridgehead atoms. The van der Waals surface area contributed by atoms with E-state index in [1.54, 1.807) is 41.5 Å². The fraction of sp³-hybridized carbons (Fsp3) is 0.397. The summed E-state index contributed by atoms with van der Waals surface area (Å²) in [5.41, 5.74) is -2.57. The van der Waals surface area contributed by atoms with Crippen molar-refractivity contribution < 1.29 is 111 Å². The molecule has 476 valence electrons. The van der Waals surface area contributed by atoms with Crippen molar-refractivity contribution in [3.63, 3.8) is 0 Å². The smallest absolute Gasteiger partial charge is 0.313 e. The molecule has 0 aliphatic carbocycles. The van der Waals surface area contributed by atoms with Crippen LogP contribution in [-0.4, -0.2) is 78.4 Å². The van der Waals surface area contributed by atoms with Crippen LogP contribution in [0.3, 0.4) is 0 Å². The van der Waals surface area contributed by atoms with Crippen LogP contribution in [0.4, 0.5) is 0 Å². The predicted octanol–water partition coefficient (Wildman–Crippen LogP) is 11.7. The van der Waals surface area contributed by atoms with Crippen molar-refractivity contribution in [1.82, 2.24) is 0 Å². The minimum atomic E-state index is -0.967. The van der Waals surface area contributed by atoms with Crippen molar-refractivity contribution in [2.24, 2.45) is 0 Å². The summed E-state index contributed by atoms with van der Waals surface area (Å²) in [6, 6.07) is 8.71. The van der Waals surface area contributed by atoms with E-state index in [0.29, 0.717) is 51.4 Å². The van der Waals surface area contributed by atoms with Crippen LogP contribution < -0.4 is 39.3 Å². The molecule has 0 unspecified atom stereocenters. The van der Waals surface area contributed by atoms with Crippen molar-refractivity contribution in [2.75, 3.05) is 0 Å². The van der Waals surface area contributed by atoms with Crippen molar-refractivity contribution >= 4 is 69.7 Å². The molecular weight excluding hydrogens is 1160 g/mol. The molecule has 0 fully saturated rings. The molecule has 0 radical (unpaired) electrons. The third-order valence-corrected chi connectivity index (χ3v) is 11.6. The van der Waals surface area contributed by atoms with Gasteiger partial charge in [-0.25, -0.2) is 0 Å². The Bertz CT molecular complexity index is 3540. The average molecular weight is 1230 g/mol. The normalized spacial score (nSPS) is 10.5. The van der Waals surface area contributed by atoms with Gasteiger partial charge in [0.2, 0.25) is 28.1 Å². The third kappa shape index (κ3) is 20.1. The molecule has 0 amide bonds. The van der Waals surface area contributed by atoms with Crippen LogP contribution in [0.2, 0.25) is 0 Å². The maximum Gasteiger partial charge on any atom is 0.313 e. The molecule has 0 aliphatic heterocycles. The number of phenols is 5. The Morgan fingerprint density at radius 2 is 0.739 bits per heavy atom. The standard InChI is InChI=1S/C39H46O14.C15H10O8.C8H14O3.CH4/c1-7-13-29(40)47-24-21-25(48-30(41)14-8-2)35-26(22-24)51-37(39(36(35)46)53-34(45)18-12-6)23-19-27(49-31(42)15-9-3)38(52-33(44)17-11-5)28(20-23)50-32(43)16-10-4;16-6-3-7(17)11-10(4-6)23-15(14(22)13(11)21)5-1-8(18)12(20)9(19)2-5;1-3-5-7(9)11-8(10)6-4-2;/h19-22H,7-18H2,1-6H3;1-4,16-20,22H;3-6H2,1-2H3;1H4. The molecule has 2 heterocycles. The average Bonchev–Trinajstić information content (AvgIpc) is 1.44. The van der Waals surface area contributed by atoms with Gasteiger partial charge < -0.3 is 72.6 Å². The quantitative estimate of drug-likeness (QED) is 0.0142. The highest BCUT2D eigenvalue weighted by molar-refractivity contribution is 5.94. The zero-order chi connectivity index (χ0) is 64.7. The molecule has 4 aromatic carbocycles. The van der Waals surface area contributed by atoms with Crippen LogP contribution >= 0.6 is 0 Å². The van der Waals surface area contributed by atoms with E-state index in [-0.39, 0.29) is 114 Å². The predicted molar refractivity (Wildman–Crippen MR) is 317 cm³/mol. The number of hydrogen-bond acceptors (Lipinski definition) is 25. The second kappa shape index (κ2) is 34.9. The van der Waals surface area contributed by atoms with E-state index in [1.165, 1.54) is 24.3 Å². The minimum Gasteiger partial charge on any atom is -0.508 e. The van der Waals surface area contributed by atoms with Gasteiger partial charge in [0.05, 0.1) is 0 Å². The van der Waals surface area contributed by atoms with E-state index in [1.807, 2.05) is 13.8 Å². The summed E-state index contributed by atoms with van der Waals surface area (Å²) in [5.74, 6) is -12.0. The number of rotatable bonds is 24. The molecule has 25 nitrogen and oxygen atoms in total. The minimum absolute atomic E-state index is 0. The number of ether oxygens (including phenoxy) is 7. The zero-order valence-electron chi connectivity index (χ0n) is 49.4. The Balaban J connectivity index is 0.000000469. The first-order valence-corrected chi connectivity index (χ1v) is 28.2. The van der Waals surface area contributed by atoms with Crippen LogP contribution in [0, 0.1) is 0 Å². The second-order valence-electron chi connectivity index (χ2n) is 19.2. The topological polar surface area (TPSA) is 383 Å². The summed E-state index contributed by atoms with van der Waals surface area (Å²) in [6.45, 7) is 14.3. The first-order chi connectivity index (χ1) is 41.4. The lowest BCUT2D eigenvalue weighted by Gasteiger charge is -2.18. The Morgan fingerprint density at radius 3 is 1.19 bits per heavy atom. The van der Waals surface area contributed by atoms with Gasteiger partial charge in [0, 0.05) is 86.8 Å². The number of hydrogen-bond donors (Lipinski definition) is 6. The van der Waals surface area contributed by atoms with Crippen molar-refractivity contribution in [1.29, 1.82) is 0 Å². The Hall–Kier alpha value is -9.94. The molecule has 2 aromatic heterocycles. The van der Waals surface area contributed by atoms with E-state index in [2.05, 4.69) is 4.74 Å². The van der Waals surface area contributed by atoms with Gasteiger partial charge in [0.1, 0.15) is 44.9 Å². The maximum absolute atomic E-state index is 14.4. The van der Waals surface area contributed by atoms with Crippen LogP contribution in [0.25, 0.3) is 44.6 Å². The second-order valence-corrected chi connectivity index (χ2v) is 19.2. The van der Waals surface area contributed by atoms with Crippen molar-refractivity contribution in [2.45, 2.75) is 166 Å². The number of esters is 8. The molecule has 25 heteroatoms. The van der Waals surface area contributed by atoms with Crippen molar-refractivity contribution in [3.05, 3.63) is 69.0 Å². The number of benzene rings is 4. The van der Waals surface area contributed by atoms with Gasteiger partial charge in [-0.1, -0.05) is 62.8 Å². The lowest BCUT2D eigenvalue weighted by atomic mass is 10.1. The molecule has 6 N–H and O–H groups in total. The van der Waals surface area contributed by atoms with Crippen LogP contribution in [0.15, 0.2) is 67.0 Å². The van der Waals surface area contributed by atoms with Crippen LogP contribution in [0.5, 0.6) is 69.0 Å². The number of aromatic hydroxyl groups is 6. The number of phenolic OH excluding ortho intramolecular Hbond substituents is 5. The molecule has 0 spiro atoms. The summed E-state index contributed by atoms with van der Waals surface area (Å²) in [7, 11) is 0. The van der Waals surface area contributed by atoms with Crippen LogP contribution in [-0.2, 0) is 43.1 Å². The first kappa shape index (κ1) is 72.3. The summed E-state index contributed by atoms with van der Waals surface area (Å²) < 4.78 is 49.3. The first-order valence-electron chi connectivity index (χ1n) is 28.2. The molecule has 6 rings (SSSR count). The van der Waals surface area contributed by atoms with Gasteiger partial charge in [-0.2, -0.15) is 0 Å². The Labute approximate surface area is 505 Å². The highest BCUT2D eigenvalue weighted by Gasteiger charge is 2.30. The number of carbonyl (C=O) groups excluding carboxylic acids is 8. The van der Waals surface area contributed by atoms with E-state index >= 15 is 0 Å². The molecule has 0 saturated heterocycles. The van der Waals surface area contributed by atoms with Crippen LogP contribution in [0.1, 0.15) is 166 Å². The molecule has 0 atom stereocenters. The zero-order valence-corrected chi connectivity index (χ0v) is 49.4. The summed E-state index contributed by atoms with van der Waals surface area (Å²) >= 11 is 0. The Kier molecular flexibility index (Phi) is 28.7. The highest BCUT2D eigenvalue weighted by atomic mass is 16.6. The number of fused-ring (bicyclic) bond motifs is 2. The molecule has 0 aliphatic rings. The Morgan fingerprint density at radius 1 is 0.364 bits per heavy atom. The third-order valence-electron chi connectivity index (χ3n) is 11.6. The summed E-state index contributed by atoms with van der Waals surface area (Å²) in [6.07, 6.45) is 4.54. The summed E-state index contributed by atoms with van der Waals surface area (Å²) in [5, 5.41) is 56.9. The van der Waals surface area contributed by atoms with Gasteiger partial charge in [0.25, 0.3) is 0 Å². The lowest BCUT2D eigenvalue weighted by Crippen LogP contribution is -2.18. The molecule has 6 aromatic rings. The van der Waals surface area contributed by atoms with E-state index < -0.39 is 105 Å². The molecule has 88 heavy (non-hydrogen) atoms. The van der Waals surface area contributed by atoms with Crippen molar-refractivity contribution in [3.8, 4) is 91.6 Å². The van der Waals surface area contributed by atoms with Gasteiger partial charge in [0.15, 0.2) is 40.3 Å². The maximum atomic E-state index is 14.4. The van der Waals surface area contributed by atoms with Gasteiger partial charge in [-0.3, -0.25) is 47.9 Å². The van der Waals surface area contributed by atoms with Gasteiger partial charge >= 0.3 is 47.8 Å². The number of carbonyl (C=O) groups is 8. The fourth-order valence-corrected chi connectivity index (χ4v) is 7.73. The highest BCUT2D eigenvalue weighted by Crippen LogP contribution is 2.46. The SMILES string of the molecule is C.CCCC(=O)OC(=O)CCC.CCCC(=O)Oc1cc(OC(=O)CCC)c2c(=O)c(OC(=O)CCC)c(-c3cc(OC(=O)CCC)c(OC(=O)CCC)c(OC(=O)CCC)c3)oc2c1.O=c1c(O)c(-c2cc(O)c(O)c(O)c2)oc2cc(O)cc(O)c12. The lowest BCUT2D eigenvalue weighted by molar-refractivity contribution is -0.160. The van der Waals surface area contributed by atoms with E-state index in [4.69, 9.17) is 37.3 Å². The fourth-order valence-electron chi connectivity index (χ4n) is 7.73.